The van der Waals surface area contributed by atoms with Crippen LogP contribution < -0.4 is 10.2 Å². The van der Waals surface area contributed by atoms with Crippen molar-refractivity contribution < 1.29 is 23.5 Å². The number of hydrogen-bond acceptors (Lipinski definition) is 5. The van der Waals surface area contributed by atoms with Crippen molar-refractivity contribution in [1.29, 1.82) is 0 Å². The zero-order valence-electron chi connectivity index (χ0n) is 22.7. The average Bonchev–Trinajstić information content (AvgIpc) is 3.63. The maximum absolute atomic E-state index is 14.6. The van der Waals surface area contributed by atoms with Crippen LogP contribution in [0.1, 0.15) is 52.9 Å². The van der Waals surface area contributed by atoms with E-state index in [2.05, 4.69) is 5.32 Å². The van der Waals surface area contributed by atoms with Crippen molar-refractivity contribution in [3.63, 3.8) is 0 Å². The van der Waals surface area contributed by atoms with Crippen molar-refractivity contribution in [1.82, 2.24) is 5.32 Å². The SMILES string of the molecule is O=C(CCc1ccccc1)N[C@H]1[C@H](OC(=O)c2ccco2)CCC[C@@]12C(=O)N(Cc1ccccc1)c1ccccc12. The van der Waals surface area contributed by atoms with Gasteiger partial charge in [0.15, 0.2) is 0 Å². The Bertz CT molecular complexity index is 1520. The fraction of sp³-hybridized carbons (Fsp3) is 0.265. The molecule has 1 fully saturated rings. The molecule has 4 aromatic rings. The fourth-order valence-corrected chi connectivity index (χ4v) is 6.32. The molecule has 3 aromatic carbocycles. The van der Waals surface area contributed by atoms with Gasteiger partial charge in [0.1, 0.15) is 11.5 Å². The van der Waals surface area contributed by atoms with Gasteiger partial charge >= 0.3 is 5.97 Å². The summed E-state index contributed by atoms with van der Waals surface area (Å²) in [5.41, 5.74) is 2.67. The quantitative estimate of drug-likeness (QED) is 0.290. The summed E-state index contributed by atoms with van der Waals surface area (Å²) >= 11 is 0. The molecule has 0 unspecified atom stereocenters. The zero-order valence-corrected chi connectivity index (χ0v) is 22.7. The number of anilines is 1. The van der Waals surface area contributed by atoms with Gasteiger partial charge in [-0.1, -0.05) is 78.9 Å². The molecule has 1 aromatic heterocycles. The van der Waals surface area contributed by atoms with E-state index in [1.54, 1.807) is 12.1 Å². The number of nitrogens with one attached hydrogen (secondary N) is 1. The summed E-state index contributed by atoms with van der Waals surface area (Å²) in [5.74, 6) is -0.802. The van der Waals surface area contributed by atoms with Gasteiger partial charge in [-0.15, -0.1) is 0 Å². The van der Waals surface area contributed by atoms with Crippen LogP contribution in [0.3, 0.4) is 0 Å². The van der Waals surface area contributed by atoms with E-state index in [0.717, 1.165) is 22.4 Å². The van der Waals surface area contributed by atoms with E-state index >= 15 is 0 Å². The Balaban J connectivity index is 1.35. The van der Waals surface area contributed by atoms with Gasteiger partial charge < -0.3 is 19.4 Å². The molecular formula is C34H32N2O5. The second kappa shape index (κ2) is 11.5. The summed E-state index contributed by atoms with van der Waals surface area (Å²) in [4.78, 5) is 42.9. The Hall–Kier alpha value is -4.65. The minimum absolute atomic E-state index is 0.0858. The monoisotopic (exact) mass is 548 g/mol. The first kappa shape index (κ1) is 26.6. The van der Waals surface area contributed by atoms with Gasteiger partial charge in [0.25, 0.3) is 0 Å². The molecule has 7 nitrogen and oxygen atoms in total. The van der Waals surface area contributed by atoms with Crippen molar-refractivity contribution in [2.24, 2.45) is 0 Å². The first-order valence-corrected chi connectivity index (χ1v) is 14.1. The van der Waals surface area contributed by atoms with Crippen LogP contribution in [0.4, 0.5) is 5.69 Å². The Morgan fingerprint density at radius 1 is 0.902 bits per heavy atom. The minimum atomic E-state index is -1.07. The molecule has 41 heavy (non-hydrogen) atoms. The lowest BCUT2D eigenvalue weighted by atomic mass is 9.65. The highest BCUT2D eigenvalue weighted by atomic mass is 16.6. The number of para-hydroxylation sites is 1. The third-order valence-corrected chi connectivity index (χ3v) is 8.23. The van der Waals surface area contributed by atoms with Gasteiger partial charge in [-0.2, -0.15) is 0 Å². The summed E-state index contributed by atoms with van der Waals surface area (Å²) < 4.78 is 11.3. The first-order chi connectivity index (χ1) is 20.1. The molecule has 2 aliphatic rings. The number of rotatable bonds is 8. The van der Waals surface area contributed by atoms with Crippen LogP contribution in [0.5, 0.6) is 0 Å². The number of nitrogens with zero attached hydrogens (tertiary/aromatic N) is 1. The number of carbonyl (C=O) groups is 3. The van der Waals surface area contributed by atoms with E-state index in [9.17, 15) is 14.4 Å². The Morgan fingerprint density at radius 2 is 1.61 bits per heavy atom. The first-order valence-electron chi connectivity index (χ1n) is 14.1. The zero-order chi connectivity index (χ0) is 28.2. The Labute approximate surface area is 239 Å². The number of aryl methyl sites for hydroxylation is 1. The van der Waals surface area contributed by atoms with Crippen molar-refractivity contribution in [3.8, 4) is 0 Å². The number of furan rings is 1. The predicted molar refractivity (Wildman–Crippen MR) is 154 cm³/mol. The molecule has 7 heteroatoms. The molecule has 1 spiro atoms. The third-order valence-electron chi connectivity index (χ3n) is 8.23. The summed E-state index contributed by atoms with van der Waals surface area (Å²) in [6, 6.07) is 29.9. The van der Waals surface area contributed by atoms with Gasteiger partial charge in [-0.05, 0) is 60.6 Å². The van der Waals surface area contributed by atoms with Crippen molar-refractivity contribution >= 4 is 23.5 Å². The largest absolute Gasteiger partial charge is 0.457 e. The number of carbonyl (C=O) groups excluding carboxylic acids is 3. The molecule has 6 rings (SSSR count). The molecule has 3 atom stereocenters. The lowest BCUT2D eigenvalue weighted by molar-refractivity contribution is -0.131. The molecule has 0 radical (unpaired) electrons. The van der Waals surface area contributed by atoms with Crippen molar-refractivity contribution in [2.45, 2.75) is 56.2 Å². The standard InChI is InChI=1S/C34H32N2O5/c37-30(20-19-24-11-3-1-4-12-24)35-31-28(41-32(38)29-18-10-22-40-29)17-9-21-34(31)26-15-7-8-16-27(26)36(33(34)39)23-25-13-5-2-6-14-25/h1-8,10-16,18,22,28,31H,9,17,19-21,23H2,(H,35,37)/t28-,31+,34+/m1/s1. The van der Waals surface area contributed by atoms with Crippen LogP contribution in [0, 0.1) is 0 Å². The average molecular weight is 549 g/mol. The van der Waals surface area contributed by atoms with E-state index < -0.39 is 23.5 Å². The van der Waals surface area contributed by atoms with Gasteiger partial charge in [0.2, 0.25) is 17.6 Å². The molecule has 1 aliphatic carbocycles. The van der Waals surface area contributed by atoms with E-state index in [-0.39, 0.29) is 24.0 Å². The predicted octanol–water partition coefficient (Wildman–Crippen LogP) is 5.59. The number of esters is 1. The van der Waals surface area contributed by atoms with E-state index in [1.165, 1.54) is 6.26 Å². The van der Waals surface area contributed by atoms with Gasteiger partial charge in [-0.25, -0.2) is 4.79 Å². The number of benzene rings is 3. The highest BCUT2D eigenvalue weighted by Crippen LogP contribution is 2.51. The second-order valence-corrected chi connectivity index (χ2v) is 10.7. The van der Waals surface area contributed by atoms with Crippen molar-refractivity contribution in [3.05, 3.63) is 126 Å². The fourth-order valence-electron chi connectivity index (χ4n) is 6.32. The smallest absolute Gasteiger partial charge is 0.374 e. The lowest BCUT2D eigenvalue weighted by Crippen LogP contribution is -2.63. The summed E-state index contributed by atoms with van der Waals surface area (Å²) in [7, 11) is 0. The highest BCUT2D eigenvalue weighted by molar-refractivity contribution is 6.09. The normalized spacial score (nSPS) is 21.5. The van der Waals surface area contributed by atoms with Gasteiger partial charge in [0, 0.05) is 12.1 Å². The molecule has 1 aliphatic heterocycles. The molecule has 1 N–H and O–H groups in total. The molecule has 1 saturated carbocycles. The third kappa shape index (κ3) is 5.15. The van der Waals surface area contributed by atoms with Gasteiger partial charge in [-0.3, -0.25) is 9.59 Å². The lowest BCUT2D eigenvalue weighted by Gasteiger charge is -2.44. The number of amides is 2. The van der Waals surface area contributed by atoms with Crippen LogP contribution >= 0.6 is 0 Å². The molecule has 0 bridgehead atoms. The topological polar surface area (TPSA) is 88.8 Å². The van der Waals surface area contributed by atoms with Crippen LogP contribution in [-0.2, 0) is 32.7 Å². The Morgan fingerprint density at radius 3 is 2.34 bits per heavy atom. The molecule has 2 amide bonds. The minimum Gasteiger partial charge on any atom is -0.457 e. The number of hydrogen-bond donors (Lipinski definition) is 1. The second-order valence-electron chi connectivity index (χ2n) is 10.7. The van der Waals surface area contributed by atoms with Gasteiger partial charge in [0.05, 0.1) is 18.8 Å². The summed E-state index contributed by atoms with van der Waals surface area (Å²) in [5, 5.41) is 3.18. The molecule has 2 heterocycles. The molecular weight excluding hydrogens is 516 g/mol. The van der Waals surface area contributed by atoms with E-state index in [1.807, 2.05) is 89.8 Å². The maximum Gasteiger partial charge on any atom is 0.374 e. The summed E-state index contributed by atoms with van der Waals surface area (Å²) in [6.45, 7) is 0.407. The van der Waals surface area contributed by atoms with Crippen molar-refractivity contribution in [2.75, 3.05) is 4.90 Å². The number of ether oxygens (including phenoxy) is 1. The van der Waals surface area contributed by atoms with Crippen LogP contribution in [0.25, 0.3) is 0 Å². The maximum atomic E-state index is 14.6. The molecule has 0 saturated heterocycles. The summed E-state index contributed by atoms with van der Waals surface area (Å²) in [6.07, 6.45) is 3.23. The van der Waals surface area contributed by atoms with Crippen LogP contribution in [-0.4, -0.2) is 29.9 Å². The van der Waals surface area contributed by atoms with Crippen LogP contribution in [0.2, 0.25) is 0 Å². The number of fused-ring (bicyclic) bond motifs is 2. The molecule has 208 valence electrons. The van der Waals surface area contributed by atoms with E-state index in [0.29, 0.717) is 32.2 Å². The van der Waals surface area contributed by atoms with Crippen LogP contribution in [0.15, 0.2) is 108 Å². The highest BCUT2D eigenvalue weighted by Gasteiger charge is 2.60. The Kier molecular flexibility index (Phi) is 7.42. The van der Waals surface area contributed by atoms with E-state index in [4.69, 9.17) is 9.15 Å².